The fourth-order valence-corrected chi connectivity index (χ4v) is 4.22. The fourth-order valence-electron chi connectivity index (χ4n) is 1.82. The van der Waals surface area contributed by atoms with Crippen LogP contribution in [-0.4, -0.2) is 21.6 Å². The summed E-state index contributed by atoms with van der Waals surface area (Å²) in [6.07, 6.45) is 2.56. The normalized spacial score (nSPS) is 13.9. The highest BCUT2D eigenvalue weighted by Gasteiger charge is 2.18. The molecule has 0 saturated carbocycles. The molecular weight excluding hydrogens is 302 g/mol. The number of aryl methyl sites for hydroxylation is 1. The molecule has 0 saturated heterocycles. The Labute approximate surface area is 123 Å². The maximum atomic E-state index is 12.1. The van der Waals surface area contributed by atoms with Crippen LogP contribution in [0.4, 0.5) is 5.95 Å². The van der Waals surface area contributed by atoms with Gasteiger partial charge < -0.3 is 0 Å². The van der Waals surface area contributed by atoms with Crippen molar-refractivity contribution in [1.29, 1.82) is 0 Å². The number of hydrogen-bond donors (Lipinski definition) is 1. The highest BCUT2D eigenvalue weighted by molar-refractivity contribution is 7.98. The molecule has 0 bridgehead atoms. The quantitative estimate of drug-likeness (QED) is 0.865. The number of thiophene rings is 1. The van der Waals surface area contributed by atoms with E-state index in [-0.39, 0.29) is 11.9 Å². The molecule has 0 radical (unpaired) electrons. The molecule has 0 spiro atoms. The van der Waals surface area contributed by atoms with Crippen molar-refractivity contribution in [2.45, 2.75) is 12.2 Å². The molecule has 98 valence electrons. The number of thioether (sulfide) groups is 1. The summed E-state index contributed by atoms with van der Waals surface area (Å²) >= 11 is 9.21. The summed E-state index contributed by atoms with van der Waals surface area (Å²) < 4.78 is 0. The van der Waals surface area contributed by atoms with Crippen molar-refractivity contribution < 1.29 is 4.79 Å². The zero-order valence-corrected chi connectivity index (χ0v) is 12.2. The minimum Gasteiger partial charge on any atom is -0.290 e. The summed E-state index contributed by atoms with van der Waals surface area (Å²) in [6.45, 7) is 0. The van der Waals surface area contributed by atoms with Crippen LogP contribution in [0.3, 0.4) is 0 Å². The first kappa shape index (κ1) is 12.9. The van der Waals surface area contributed by atoms with E-state index in [1.165, 1.54) is 16.6 Å². The lowest BCUT2D eigenvalue weighted by molar-refractivity contribution is 0.102. The number of carbonyl (C=O) groups is 1. The maximum Gasteiger partial charge on any atom is 0.268 e. The third-order valence-electron chi connectivity index (χ3n) is 2.70. The van der Waals surface area contributed by atoms with Crippen LogP contribution in [0.15, 0.2) is 18.3 Å². The van der Waals surface area contributed by atoms with E-state index in [0.29, 0.717) is 10.0 Å². The van der Waals surface area contributed by atoms with Gasteiger partial charge in [0.2, 0.25) is 5.95 Å². The average Bonchev–Trinajstić information content (AvgIpc) is 2.82. The van der Waals surface area contributed by atoms with Crippen LogP contribution in [-0.2, 0) is 12.2 Å². The van der Waals surface area contributed by atoms with Gasteiger partial charge in [-0.1, -0.05) is 11.6 Å². The summed E-state index contributed by atoms with van der Waals surface area (Å²) in [5.41, 5.74) is 1.28. The Balaban J connectivity index is 1.78. The first-order chi connectivity index (χ1) is 9.22. The Hall–Kier alpha value is -1.11. The monoisotopic (exact) mass is 311 g/mol. The van der Waals surface area contributed by atoms with Crippen LogP contribution in [0.1, 0.15) is 20.1 Å². The number of aromatic nitrogens is 2. The molecule has 2 aromatic heterocycles. The molecule has 2 aromatic rings. The van der Waals surface area contributed by atoms with E-state index < -0.39 is 0 Å². The molecule has 1 aliphatic heterocycles. The van der Waals surface area contributed by atoms with Gasteiger partial charge in [0.25, 0.3) is 5.91 Å². The highest BCUT2D eigenvalue weighted by atomic mass is 35.5. The number of fused-ring (bicyclic) bond motifs is 1. The second-order valence-corrected chi connectivity index (χ2v) is 6.65. The fraction of sp³-hybridized carbons (Fsp3) is 0.250. The maximum absolute atomic E-state index is 12.1. The Kier molecular flexibility index (Phi) is 3.72. The number of amides is 1. The van der Waals surface area contributed by atoms with Gasteiger partial charge in [-0.2, -0.15) is 11.8 Å². The predicted octanol–water partition coefficient (Wildman–Crippen LogP) is 3.23. The summed E-state index contributed by atoms with van der Waals surface area (Å²) in [6, 6.07) is 3.53. The molecule has 7 heteroatoms. The van der Waals surface area contributed by atoms with Crippen LogP contribution >= 0.6 is 34.7 Å². The van der Waals surface area contributed by atoms with Gasteiger partial charge in [-0.3, -0.25) is 10.1 Å². The second-order valence-electron chi connectivity index (χ2n) is 4.02. The zero-order valence-electron chi connectivity index (χ0n) is 9.85. The van der Waals surface area contributed by atoms with Crippen molar-refractivity contribution in [2.75, 3.05) is 11.1 Å². The average molecular weight is 312 g/mol. The van der Waals surface area contributed by atoms with E-state index >= 15 is 0 Å². The van der Waals surface area contributed by atoms with Gasteiger partial charge in [-0.25, -0.2) is 9.97 Å². The van der Waals surface area contributed by atoms with E-state index in [4.69, 9.17) is 11.6 Å². The Bertz CT molecular complexity index is 606. The minimum atomic E-state index is -0.174. The third-order valence-corrected chi connectivity index (χ3v) is 5.15. The molecule has 1 N–H and O–H groups in total. The molecule has 0 fully saturated rings. The lowest BCUT2D eigenvalue weighted by atomic mass is 10.2. The molecule has 19 heavy (non-hydrogen) atoms. The molecule has 0 unspecified atom stereocenters. The first-order valence-electron chi connectivity index (χ1n) is 5.71. The van der Waals surface area contributed by atoms with E-state index in [1.54, 1.807) is 17.4 Å². The minimum absolute atomic E-state index is 0.174. The lowest BCUT2D eigenvalue weighted by Crippen LogP contribution is -2.12. The second kappa shape index (κ2) is 5.48. The SMILES string of the molecule is O=C(Nc1nccc(Cl)n1)c1cc2c(s1)CCSC2. The molecular formula is C12H10ClN3OS2. The van der Waals surface area contributed by atoms with Gasteiger partial charge in [0.05, 0.1) is 4.88 Å². The van der Waals surface area contributed by atoms with Gasteiger partial charge in [-0.05, 0) is 29.9 Å². The highest BCUT2D eigenvalue weighted by Crippen LogP contribution is 2.31. The smallest absolute Gasteiger partial charge is 0.268 e. The Morgan fingerprint density at radius 3 is 3.16 bits per heavy atom. The standard InChI is InChI=1S/C12H10ClN3OS2/c13-10-1-3-14-12(15-10)16-11(17)9-5-7-6-18-4-2-8(7)19-9/h1,3,5H,2,4,6H2,(H,14,15,16,17). The summed E-state index contributed by atoms with van der Waals surface area (Å²) in [5, 5.41) is 2.98. The summed E-state index contributed by atoms with van der Waals surface area (Å²) in [7, 11) is 0. The van der Waals surface area contributed by atoms with Gasteiger partial charge in [0.1, 0.15) is 5.15 Å². The number of anilines is 1. The van der Waals surface area contributed by atoms with Crippen molar-refractivity contribution in [1.82, 2.24) is 9.97 Å². The summed E-state index contributed by atoms with van der Waals surface area (Å²) in [4.78, 5) is 22.0. The largest absolute Gasteiger partial charge is 0.290 e. The van der Waals surface area contributed by atoms with Crippen molar-refractivity contribution >= 4 is 46.6 Å². The van der Waals surface area contributed by atoms with Crippen molar-refractivity contribution in [3.8, 4) is 0 Å². The molecule has 1 aliphatic rings. The number of hydrogen-bond acceptors (Lipinski definition) is 5. The molecule has 0 aliphatic carbocycles. The molecule has 0 aromatic carbocycles. The van der Waals surface area contributed by atoms with Crippen LogP contribution < -0.4 is 5.32 Å². The Morgan fingerprint density at radius 1 is 1.47 bits per heavy atom. The van der Waals surface area contributed by atoms with Crippen molar-refractivity contribution in [3.05, 3.63) is 38.8 Å². The number of nitrogens with zero attached hydrogens (tertiary/aromatic N) is 2. The van der Waals surface area contributed by atoms with Crippen LogP contribution in [0.5, 0.6) is 0 Å². The number of rotatable bonds is 2. The van der Waals surface area contributed by atoms with E-state index in [0.717, 1.165) is 17.9 Å². The third kappa shape index (κ3) is 2.91. The van der Waals surface area contributed by atoms with Crippen molar-refractivity contribution in [3.63, 3.8) is 0 Å². The van der Waals surface area contributed by atoms with Gasteiger partial charge in [-0.15, -0.1) is 11.3 Å². The molecule has 3 heterocycles. The first-order valence-corrected chi connectivity index (χ1v) is 8.06. The van der Waals surface area contributed by atoms with Gasteiger partial charge >= 0.3 is 0 Å². The Morgan fingerprint density at radius 2 is 2.37 bits per heavy atom. The number of halogens is 1. The van der Waals surface area contributed by atoms with E-state index in [2.05, 4.69) is 15.3 Å². The lowest BCUT2D eigenvalue weighted by Gasteiger charge is -2.08. The van der Waals surface area contributed by atoms with Gasteiger partial charge in [0.15, 0.2) is 0 Å². The van der Waals surface area contributed by atoms with Crippen LogP contribution in [0.2, 0.25) is 5.15 Å². The van der Waals surface area contributed by atoms with Crippen LogP contribution in [0, 0.1) is 0 Å². The van der Waals surface area contributed by atoms with E-state index in [1.807, 2.05) is 17.8 Å². The number of nitrogens with one attached hydrogen (secondary N) is 1. The zero-order chi connectivity index (χ0) is 13.2. The van der Waals surface area contributed by atoms with Crippen molar-refractivity contribution in [2.24, 2.45) is 0 Å². The summed E-state index contributed by atoms with van der Waals surface area (Å²) in [5.74, 6) is 2.18. The molecule has 0 atom stereocenters. The predicted molar refractivity (Wildman–Crippen MR) is 79.2 cm³/mol. The molecule has 1 amide bonds. The van der Waals surface area contributed by atoms with E-state index in [9.17, 15) is 4.79 Å². The topological polar surface area (TPSA) is 54.9 Å². The molecule has 4 nitrogen and oxygen atoms in total. The van der Waals surface area contributed by atoms with Crippen LogP contribution in [0.25, 0.3) is 0 Å². The number of carbonyl (C=O) groups excluding carboxylic acids is 1. The molecule has 3 rings (SSSR count). The van der Waals surface area contributed by atoms with Gasteiger partial charge in [0, 0.05) is 16.8 Å².